The van der Waals surface area contributed by atoms with Gasteiger partial charge in [-0.05, 0) is 49.8 Å². The third kappa shape index (κ3) is 5.42. The zero-order chi connectivity index (χ0) is 24.9. The second kappa shape index (κ2) is 11.3. The van der Waals surface area contributed by atoms with Crippen LogP contribution >= 0.6 is 12.6 Å². The van der Waals surface area contributed by atoms with Crippen LogP contribution in [0.15, 0.2) is 24.3 Å². The van der Waals surface area contributed by atoms with Gasteiger partial charge in [-0.1, -0.05) is 25.0 Å². The number of phenols is 1. The molecule has 9 nitrogen and oxygen atoms in total. The molecule has 3 fully saturated rings. The van der Waals surface area contributed by atoms with Crippen molar-refractivity contribution in [2.45, 2.75) is 63.1 Å². The van der Waals surface area contributed by atoms with E-state index < -0.39 is 24.0 Å². The van der Waals surface area contributed by atoms with Gasteiger partial charge in [-0.2, -0.15) is 12.6 Å². The Hall–Kier alpha value is -2.75. The van der Waals surface area contributed by atoms with E-state index in [1.54, 1.807) is 34.1 Å². The van der Waals surface area contributed by atoms with Crippen molar-refractivity contribution >= 4 is 36.3 Å². The average molecular weight is 503 g/mol. The monoisotopic (exact) mass is 502 g/mol. The first kappa shape index (κ1) is 25.3. The van der Waals surface area contributed by atoms with Crippen molar-refractivity contribution in [1.29, 1.82) is 0 Å². The van der Waals surface area contributed by atoms with Crippen molar-refractivity contribution in [3.05, 3.63) is 29.8 Å². The van der Waals surface area contributed by atoms with Gasteiger partial charge >= 0.3 is 0 Å². The lowest BCUT2D eigenvalue weighted by Crippen LogP contribution is -2.60. The number of phenolic OH excluding ortho intramolecular Hbond substituents is 1. The maximum absolute atomic E-state index is 13.4. The standard InChI is InChI=1S/C25H34N4O5S/c30-17-9-7-16(8-10-17)22-18(23(32)27-12-4-2-1-3-11-26-21(31)15-35)14-20-24(33)28-13-5-6-19(28)25(34)29(20)22/h7-10,18-20,22,30,35H,1-6,11-15H2,(H,26,31)(H,27,32)/t18-,19-,20-,22-/m0/s1. The number of carbonyl (C=O) groups is 4. The second-order valence-electron chi connectivity index (χ2n) is 9.54. The number of nitrogens with one attached hydrogen (secondary N) is 2. The molecule has 3 N–H and O–H groups in total. The lowest BCUT2D eigenvalue weighted by Gasteiger charge is -2.41. The zero-order valence-corrected chi connectivity index (χ0v) is 20.7. The molecule has 0 spiro atoms. The van der Waals surface area contributed by atoms with Crippen molar-refractivity contribution in [3.8, 4) is 5.75 Å². The van der Waals surface area contributed by atoms with E-state index in [0.29, 0.717) is 32.5 Å². The van der Waals surface area contributed by atoms with Crippen molar-refractivity contribution in [2.75, 3.05) is 25.4 Å². The largest absolute Gasteiger partial charge is 0.508 e. The second-order valence-corrected chi connectivity index (χ2v) is 9.86. The van der Waals surface area contributed by atoms with E-state index in [1.165, 1.54) is 0 Å². The molecule has 0 unspecified atom stereocenters. The Morgan fingerprint density at radius 1 is 0.971 bits per heavy atom. The van der Waals surface area contributed by atoms with Gasteiger partial charge in [0.2, 0.25) is 23.6 Å². The van der Waals surface area contributed by atoms with E-state index in [-0.39, 0.29) is 35.1 Å². The number of thiol groups is 1. The number of aromatic hydroxyl groups is 1. The molecule has 0 aromatic heterocycles. The lowest BCUT2D eigenvalue weighted by atomic mass is 9.92. The van der Waals surface area contributed by atoms with Crippen LogP contribution in [0.4, 0.5) is 0 Å². The van der Waals surface area contributed by atoms with Crippen molar-refractivity contribution in [3.63, 3.8) is 0 Å². The minimum atomic E-state index is -0.626. The molecule has 190 valence electrons. The molecule has 35 heavy (non-hydrogen) atoms. The number of amides is 4. The van der Waals surface area contributed by atoms with Gasteiger partial charge in [-0.25, -0.2) is 0 Å². The van der Waals surface area contributed by atoms with Crippen LogP contribution in [-0.4, -0.2) is 76.0 Å². The number of unbranched alkanes of at least 4 members (excludes halogenated alkanes) is 3. The average Bonchev–Trinajstić information content (AvgIpc) is 3.51. The minimum absolute atomic E-state index is 0.0591. The number of piperazine rings is 1. The molecule has 10 heteroatoms. The summed E-state index contributed by atoms with van der Waals surface area (Å²) in [6.45, 7) is 1.74. The predicted octanol–water partition coefficient (Wildman–Crippen LogP) is 1.38. The number of benzene rings is 1. The van der Waals surface area contributed by atoms with Crippen LogP contribution in [0.5, 0.6) is 5.75 Å². The van der Waals surface area contributed by atoms with Crippen LogP contribution < -0.4 is 10.6 Å². The quantitative estimate of drug-likeness (QED) is 0.285. The molecule has 3 aliphatic rings. The minimum Gasteiger partial charge on any atom is -0.508 e. The lowest BCUT2D eigenvalue weighted by molar-refractivity contribution is -0.159. The summed E-state index contributed by atoms with van der Waals surface area (Å²) in [7, 11) is 0. The van der Waals surface area contributed by atoms with E-state index >= 15 is 0 Å². The van der Waals surface area contributed by atoms with Crippen LogP contribution in [0.2, 0.25) is 0 Å². The molecule has 3 aliphatic heterocycles. The van der Waals surface area contributed by atoms with Gasteiger partial charge in [-0.15, -0.1) is 0 Å². The fourth-order valence-corrected chi connectivity index (χ4v) is 5.69. The summed E-state index contributed by atoms with van der Waals surface area (Å²) in [4.78, 5) is 54.4. The summed E-state index contributed by atoms with van der Waals surface area (Å²) in [5.41, 5.74) is 0.751. The number of nitrogens with zero attached hydrogens (tertiary/aromatic N) is 2. The van der Waals surface area contributed by atoms with Gasteiger partial charge in [0, 0.05) is 19.6 Å². The van der Waals surface area contributed by atoms with Gasteiger partial charge < -0.3 is 25.5 Å². The number of fused-ring (bicyclic) bond motifs is 2. The molecule has 0 aliphatic carbocycles. The molecule has 1 aromatic carbocycles. The molecule has 1 aromatic rings. The van der Waals surface area contributed by atoms with E-state index in [1.807, 2.05) is 0 Å². The normalized spacial score (nSPS) is 25.4. The first-order valence-corrected chi connectivity index (χ1v) is 13.1. The smallest absolute Gasteiger partial charge is 0.246 e. The Labute approximate surface area is 211 Å². The third-order valence-electron chi connectivity index (χ3n) is 7.29. The summed E-state index contributed by atoms with van der Waals surface area (Å²) < 4.78 is 0. The molecule has 4 amide bonds. The third-order valence-corrected chi connectivity index (χ3v) is 7.58. The number of hydrogen-bond acceptors (Lipinski definition) is 6. The highest BCUT2D eigenvalue weighted by atomic mass is 32.1. The number of hydrogen-bond donors (Lipinski definition) is 4. The summed E-state index contributed by atoms with van der Waals surface area (Å²) in [6, 6.07) is 4.97. The van der Waals surface area contributed by atoms with Crippen molar-refractivity contribution < 1.29 is 24.3 Å². The molecule has 3 heterocycles. The fourth-order valence-electron chi connectivity index (χ4n) is 5.58. The number of rotatable bonds is 10. The Morgan fingerprint density at radius 3 is 2.34 bits per heavy atom. The molecule has 0 radical (unpaired) electrons. The summed E-state index contributed by atoms with van der Waals surface area (Å²) in [6.07, 6.45) is 5.32. The Bertz CT molecular complexity index is 956. The Balaban J connectivity index is 1.38. The van der Waals surface area contributed by atoms with Gasteiger partial charge in [0.1, 0.15) is 17.8 Å². The maximum Gasteiger partial charge on any atom is 0.246 e. The van der Waals surface area contributed by atoms with Gasteiger partial charge in [0.15, 0.2) is 0 Å². The van der Waals surface area contributed by atoms with E-state index in [2.05, 4.69) is 23.3 Å². The molecule has 0 saturated carbocycles. The fraction of sp³-hybridized carbons (Fsp3) is 0.600. The van der Waals surface area contributed by atoms with Crippen LogP contribution in [-0.2, 0) is 19.2 Å². The molecular weight excluding hydrogens is 468 g/mol. The SMILES string of the molecule is O=C(CS)NCCCCCCNC(=O)[C@H]1C[C@H]2C(=O)N3CCC[C@H]3C(=O)N2[C@H]1c1ccc(O)cc1. The molecule has 4 atom stereocenters. The van der Waals surface area contributed by atoms with Crippen LogP contribution in [0.25, 0.3) is 0 Å². The van der Waals surface area contributed by atoms with E-state index in [9.17, 15) is 24.3 Å². The molecule has 4 rings (SSSR count). The Kier molecular flexibility index (Phi) is 8.20. The predicted molar refractivity (Wildman–Crippen MR) is 133 cm³/mol. The topological polar surface area (TPSA) is 119 Å². The first-order valence-electron chi connectivity index (χ1n) is 12.5. The van der Waals surface area contributed by atoms with Crippen molar-refractivity contribution in [2.24, 2.45) is 5.92 Å². The summed E-state index contributed by atoms with van der Waals surface area (Å²) in [5.74, 6) is -0.603. The van der Waals surface area contributed by atoms with Crippen LogP contribution in [0, 0.1) is 5.92 Å². The summed E-state index contributed by atoms with van der Waals surface area (Å²) >= 11 is 3.92. The maximum atomic E-state index is 13.4. The van der Waals surface area contributed by atoms with Crippen LogP contribution in [0.3, 0.4) is 0 Å². The highest BCUT2D eigenvalue weighted by molar-refractivity contribution is 7.81. The first-order chi connectivity index (χ1) is 16.9. The molecular formula is C25H34N4O5S. The van der Waals surface area contributed by atoms with Crippen LogP contribution in [0.1, 0.15) is 56.6 Å². The zero-order valence-electron chi connectivity index (χ0n) is 19.8. The van der Waals surface area contributed by atoms with E-state index in [0.717, 1.165) is 37.7 Å². The highest BCUT2D eigenvalue weighted by Gasteiger charge is 2.57. The molecule has 0 bridgehead atoms. The van der Waals surface area contributed by atoms with Gasteiger partial charge in [0.05, 0.1) is 17.7 Å². The van der Waals surface area contributed by atoms with Gasteiger partial charge in [0.25, 0.3) is 0 Å². The van der Waals surface area contributed by atoms with Gasteiger partial charge in [-0.3, -0.25) is 19.2 Å². The highest BCUT2D eigenvalue weighted by Crippen LogP contribution is 2.46. The Morgan fingerprint density at radius 2 is 1.66 bits per heavy atom. The summed E-state index contributed by atoms with van der Waals surface area (Å²) in [5, 5.41) is 15.5. The van der Waals surface area contributed by atoms with Crippen molar-refractivity contribution in [1.82, 2.24) is 20.4 Å². The number of carbonyl (C=O) groups excluding carboxylic acids is 4. The van der Waals surface area contributed by atoms with E-state index in [4.69, 9.17) is 0 Å². The molecule has 3 saturated heterocycles.